The van der Waals surface area contributed by atoms with Gasteiger partial charge in [0, 0.05) is 16.5 Å². The molecular formula is C25H19NO3. The SMILES string of the molecule is COC(=O)c1ccccc1Nc1c(C(=O)c2ccccc2)ccc2ccccc12. The Morgan fingerprint density at radius 1 is 0.724 bits per heavy atom. The molecule has 4 aromatic carbocycles. The summed E-state index contributed by atoms with van der Waals surface area (Å²) in [6.45, 7) is 0. The average Bonchev–Trinajstić information content (AvgIpc) is 2.79. The lowest BCUT2D eigenvalue weighted by Gasteiger charge is -2.16. The molecule has 0 aliphatic heterocycles. The van der Waals surface area contributed by atoms with Crippen LogP contribution in [0.15, 0.2) is 91.0 Å². The standard InChI is InChI=1S/C25H19NO3/c1-29-25(28)20-13-7-8-14-22(20)26-23-19-12-6-5-9-17(19)15-16-21(23)24(27)18-10-3-2-4-11-18/h2-16,26H,1H3. The van der Waals surface area contributed by atoms with Crippen LogP contribution in [0, 0.1) is 0 Å². The van der Waals surface area contributed by atoms with Gasteiger partial charge in [0.05, 0.1) is 24.0 Å². The highest BCUT2D eigenvalue weighted by Crippen LogP contribution is 2.33. The van der Waals surface area contributed by atoms with E-state index in [1.54, 1.807) is 30.3 Å². The van der Waals surface area contributed by atoms with E-state index in [0.717, 1.165) is 10.8 Å². The Morgan fingerprint density at radius 3 is 2.21 bits per heavy atom. The number of ketones is 1. The van der Waals surface area contributed by atoms with Gasteiger partial charge in [-0.1, -0.05) is 72.8 Å². The van der Waals surface area contributed by atoms with Gasteiger partial charge >= 0.3 is 5.97 Å². The summed E-state index contributed by atoms with van der Waals surface area (Å²) in [4.78, 5) is 25.4. The fourth-order valence-electron chi connectivity index (χ4n) is 3.36. The average molecular weight is 381 g/mol. The first kappa shape index (κ1) is 18.4. The minimum absolute atomic E-state index is 0.0885. The predicted molar refractivity (Wildman–Crippen MR) is 115 cm³/mol. The van der Waals surface area contributed by atoms with Crippen molar-refractivity contribution in [2.45, 2.75) is 0 Å². The minimum Gasteiger partial charge on any atom is -0.465 e. The van der Waals surface area contributed by atoms with Gasteiger partial charge < -0.3 is 10.1 Å². The maximum Gasteiger partial charge on any atom is 0.339 e. The molecule has 0 heterocycles. The van der Waals surface area contributed by atoms with Crippen LogP contribution in [0.5, 0.6) is 0 Å². The third-order valence-electron chi connectivity index (χ3n) is 4.80. The van der Waals surface area contributed by atoms with E-state index in [-0.39, 0.29) is 5.78 Å². The van der Waals surface area contributed by atoms with E-state index in [0.29, 0.717) is 28.1 Å². The van der Waals surface area contributed by atoms with Gasteiger partial charge in [0.1, 0.15) is 0 Å². The Balaban J connectivity index is 1.89. The predicted octanol–water partition coefficient (Wildman–Crippen LogP) is 5.60. The van der Waals surface area contributed by atoms with Gasteiger partial charge in [-0.05, 0) is 23.6 Å². The molecular weight excluding hydrogens is 362 g/mol. The van der Waals surface area contributed by atoms with Crippen LogP contribution >= 0.6 is 0 Å². The fourth-order valence-corrected chi connectivity index (χ4v) is 3.36. The van der Waals surface area contributed by atoms with Crippen molar-refractivity contribution in [3.05, 3.63) is 108 Å². The monoisotopic (exact) mass is 381 g/mol. The second-order valence-electron chi connectivity index (χ2n) is 6.57. The maximum atomic E-state index is 13.2. The summed E-state index contributed by atoms with van der Waals surface area (Å²) < 4.78 is 4.90. The molecule has 29 heavy (non-hydrogen) atoms. The quantitative estimate of drug-likeness (QED) is 0.361. The highest BCUT2D eigenvalue weighted by atomic mass is 16.5. The summed E-state index contributed by atoms with van der Waals surface area (Å²) in [5, 5.41) is 5.22. The molecule has 4 nitrogen and oxygen atoms in total. The van der Waals surface area contributed by atoms with Gasteiger partial charge in [-0.15, -0.1) is 0 Å². The molecule has 1 N–H and O–H groups in total. The topological polar surface area (TPSA) is 55.4 Å². The van der Waals surface area contributed by atoms with Crippen LogP contribution in [-0.4, -0.2) is 18.9 Å². The minimum atomic E-state index is -0.440. The molecule has 0 aliphatic carbocycles. The summed E-state index contributed by atoms with van der Waals surface area (Å²) >= 11 is 0. The van der Waals surface area contributed by atoms with Crippen molar-refractivity contribution in [3.8, 4) is 0 Å². The molecule has 0 radical (unpaired) electrons. The van der Waals surface area contributed by atoms with Crippen LogP contribution in [0.2, 0.25) is 0 Å². The van der Waals surface area contributed by atoms with Crippen LogP contribution in [0.4, 0.5) is 11.4 Å². The molecule has 0 atom stereocenters. The summed E-state index contributed by atoms with van der Waals surface area (Å²) in [5.41, 5.74) is 2.79. The number of carbonyl (C=O) groups is 2. The number of anilines is 2. The summed E-state index contributed by atoms with van der Waals surface area (Å²) in [6, 6.07) is 27.8. The van der Waals surface area contributed by atoms with Crippen molar-refractivity contribution in [1.29, 1.82) is 0 Å². The normalized spacial score (nSPS) is 10.5. The number of rotatable bonds is 5. The smallest absolute Gasteiger partial charge is 0.339 e. The lowest BCUT2D eigenvalue weighted by atomic mass is 9.97. The number of para-hydroxylation sites is 1. The summed E-state index contributed by atoms with van der Waals surface area (Å²) in [6.07, 6.45) is 0. The van der Waals surface area contributed by atoms with E-state index in [1.807, 2.05) is 60.7 Å². The molecule has 0 fully saturated rings. The molecule has 0 saturated heterocycles. The third-order valence-corrected chi connectivity index (χ3v) is 4.80. The van der Waals surface area contributed by atoms with Crippen LogP contribution in [0.25, 0.3) is 10.8 Å². The molecule has 0 unspecified atom stereocenters. The number of fused-ring (bicyclic) bond motifs is 1. The Kier molecular flexibility index (Phi) is 5.08. The number of methoxy groups -OCH3 is 1. The molecule has 0 bridgehead atoms. The number of ether oxygens (including phenoxy) is 1. The number of nitrogens with one attached hydrogen (secondary N) is 1. The lowest BCUT2D eigenvalue weighted by molar-refractivity contribution is 0.0602. The van der Waals surface area contributed by atoms with Crippen LogP contribution in [-0.2, 0) is 4.74 Å². The second kappa shape index (κ2) is 7.98. The molecule has 0 spiro atoms. The molecule has 0 saturated carbocycles. The highest BCUT2D eigenvalue weighted by molar-refractivity contribution is 6.17. The third kappa shape index (κ3) is 3.60. The Hall–Kier alpha value is -3.92. The van der Waals surface area contributed by atoms with Crippen molar-refractivity contribution < 1.29 is 14.3 Å². The van der Waals surface area contributed by atoms with Crippen molar-refractivity contribution >= 4 is 33.9 Å². The number of benzene rings is 4. The largest absolute Gasteiger partial charge is 0.465 e. The van der Waals surface area contributed by atoms with Crippen molar-refractivity contribution in [3.63, 3.8) is 0 Å². The second-order valence-corrected chi connectivity index (χ2v) is 6.57. The molecule has 4 aromatic rings. The van der Waals surface area contributed by atoms with E-state index < -0.39 is 5.97 Å². The molecule has 0 amide bonds. The van der Waals surface area contributed by atoms with Crippen molar-refractivity contribution in [2.75, 3.05) is 12.4 Å². The number of esters is 1. The highest BCUT2D eigenvalue weighted by Gasteiger charge is 2.18. The number of hydrogen-bond donors (Lipinski definition) is 1. The summed E-state index contributed by atoms with van der Waals surface area (Å²) in [5.74, 6) is -0.529. The first-order chi connectivity index (χ1) is 14.2. The van der Waals surface area contributed by atoms with Crippen LogP contribution in [0.1, 0.15) is 26.3 Å². The van der Waals surface area contributed by atoms with E-state index in [2.05, 4.69) is 5.32 Å². The van der Waals surface area contributed by atoms with Gasteiger partial charge in [-0.2, -0.15) is 0 Å². The van der Waals surface area contributed by atoms with Crippen LogP contribution < -0.4 is 5.32 Å². The summed E-state index contributed by atoms with van der Waals surface area (Å²) in [7, 11) is 1.35. The first-order valence-corrected chi connectivity index (χ1v) is 9.25. The van der Waals surface area contributed by atoms with Crippen molar-refractivity contribution in [1.82, 2.24) is 0 Å². The zero-order chi connectivity index (χ0) is 20.2. The van der Waals surface area contributed by atoms with Crippen molar-refractivity contribution in [2.24, 2.45) is 0 Å². The lowest BCUT2D eigenvalue weighted by Crippen LogP contribution is -2.09. The Morgan fingerprint density at radius 2 is 1.41 bits per heavy atom. The van der Waals surface area contributed by atoms with E-state index in [9.17, 15) is 9.59 Å². The fraction of sp³-hybridized carbons (Fsp3) is 0.0400. The molecule has 0 aromatic heterocycles. The van der Waals surface area contributed by atoms with Gasteiger partial charge in [0.15, 0.2) is 5.78 Å². The van der Waals surface area contributed by atoms with Gasteiger partial charge in [-0.3, -0.25) is 4.79 Å². The number of carbonyl (C=O) groups excluding carboxylic acids is 2. The van der Waals surface area contributed by atoms with Gasteiger partial charge in [0.25, 0.3) is 0 Å². The Bertz CT molecular complexity index is 1200. The Labute approximate surface area is 168 Å². The van der Waals surface area contributed by atoms with Gasteiger partial charge in [-0.25, -0.2) is 4.79 Å². The molecule has 142 valence electrons. The van der Waals surface area contributed by atoms with E-state index in [4.69, 9.17) is 4.74 Å². The first-order valence-electron chi connectivity index (χ1n) is 9.25. The van der Waals surface area contributed by atoms with E-state index in [1.165, 1.54) is 7.11 Å². The zero-order valence-electron chi connectivity index (χ0n) is 15.9. The molecule has 4 heteroatoms. The van der Waals surface area contributed by atoms with Crippen LogP contribution in [0.3, 0.4) is 0 Å². The van der Waals surface area contributed by atoms with E-state index >= 15 is 0 Å². The zero-order valence-corrected chi connectivity index (χ0v) is 15.9. The number of hydrogen-bond acceptors (Lipinski definition) is 4. The van der Waals surface area contributed by atoms with Gasteiger partial charge in [0.2, 0.25) is 0 Å². The molecule has 4 rings (SSSR count). The maximum absolute atomic E-state index is 13.2. The molecule has 0 aliphatic rings.